The van der Waals surface area contributed by atoms with Crippen molar-refractivity contribution in [3.8, 4) is 0 Å². The predicted octanol–water partition coefficient (Wildman–Crippen LogP) is 3.91. The number of halogens is 1. The lowest BCUT2D eigenvalue weighted by Crippen LogP contribution is -2.55. The zero-order chi connectivity index (χ0) is 15.5. The number of alkyl halides is 1. The van der Waals surface area contributed by atoms with E-state index in [0.717, 1.165) is 19.3 Å². The molecular formula is C17H22FNO2. The van der Waals surface area contributed by atoms with E-state index in [2.05, 4.69) is 0 Å². The number of carbonyl (C=O) groups excluding carboxylic acids is 2. The highest BCUT2D eigenvalue weighted by molar-refractivity contribution is 6.27. The second-order valence-electron chi connectivity index (χ2n) is 5.56. The molecule has 0 fully saturated rings. The van der Waals surface area contributed by atoms with E-state index < -0.39 is 17.4 Å². The van der Waals surface area contributed by atoms with Crippen molar-refractivity contribution in [1.82, 2.24) is 0 Å². The molecule has 0 spiro atoms. The quantitative estimate of drug-likeness (QED) is 0.745. The molecule has 1 unspecified atom stereocenters. The van der Waals surface area contributed by atoms with Crippen molar-refractivity contribution in [2.75, 3.05) is 11.4 Å². The highest BCUT2D eigenvalue weighted by atomic mass is 19.1. The summed E-state index contributed by atoms with van der Waals surface area (Å²) in [5.74, 6) is -1.36. The van der Waals surface area contributed by atoms with Gasteiger partial charge in [-0.1, -0.05) is 38.8 Å². The number of benzene rings is 1. The number of ketones is 1. The number of anilines is 1. The van der Waals surface area contributed by atoms with Gasteiger partial charge in [0.1, 0.15) is 0 Å². The molecule has 21 heavy (non-hydrogen) atoms. The van der Waals surface area contributed by atoms with Crippen LogP contribution in [0, 0.1) is 0 Å². The molecule has 1 atom stereocenters. The van der Waals surface area contributed by atoms with Gasteiger partial charge >= 0.3 is 0 Å². The Morgan fingerprint density at radius 2 is 1.76 bits per heavy atom. The van der Waals surface area contributed by atoms with Crippen molar-refractivity contribution in [2.45, 2.75) is 51.6 Å². The van der Waals surface area contributed by atoms with Crippen molar-refractivity contribution in [2.24, 2.45) is 0 Å². The van der Waals surface area contributed by atoms with Gasteiger partial charge in [-0.3, -0.25) is 9.59 Å². The first-order valence-electron chi connectivity index (χ1n) is 7.71. The number of unbranched alkanes of at least 4 members (excludes halogenated alkanes) is 2. The average molecular weight is 291 g/mol. The van der Waals surface area contributed by atoms with E-state index in [0.29, 0.717) is 24.2 Å². The maximum Gasteiger partial charge on any atom is 0.272 e. The largest absolute Gasteiger partial charge is 0.308 e. The van der Waals surface area contributed by atoms with Crippen LogP contribution >= 0.6 is 0 Å². The minimum Gasteiger partial charge on any atom is -0.308 e. The fraction of sp³-hybridized carbons (Fsp3) is 0.529. The van der Waals surface area contributed by atoms with E-state index in [9.17, 15) is 9.59 Å². The molecule has 1 aromatic carbocycles. The van der Waals surface area contributed by atoms with Crippen molar-refractivity contribution >= 4 is 17.4 Å². The Balaban J connectivity index is 2.44. The number of nitrogens with zero attached hydrogens (tertiary/aromatic N) is 1. The summed E-state index contributed by atoms with van der Waals surface area (Å²) in [7, 11) is 0. The Morgan fingerprint density at radius 1 is 1.10 bits per heavy atom. The van der Waals surface area contributed by atoms with Gasteiger partial charge in [0.15, 0.2) is 0 Å². The zero-order valence-electron chi connectivity index (χ0n) is 12.7. The smallest absolute Gasteiger partial charge is 0.272 e. The highest BCUT2D eigenvalue weighted by Crippen LogP contribution is 2.37. The molecule has 3 nitrogen and oxygen atoms in total. The first-order valence-corrected chi connectivity index (χ1v) is 7.71. The van der Waals surface area contributed by atoms with E-state index in [1.165, 1.54) is 4.90 Å². The van der Waals surface area contributed by atoms with Gasteiger partial charge in [0, 0.05) is 12.1 Å². The molecule has 0 aliphatic carbocycles. The highest BCUT2D eigenvalue weighted by Gasteiger charge is 2.52. The fourth-order valence-electron chi connectivity index (χ4n) is 2.71. The average Bonchev–Trinajstić information content (AvgIpc) is 2.51. The summed E-state index contributed by atoms with van der Waals surface area (Å²) >= 11 is 0. The molecule has 1 heterocycles. The van der Waals surface area contributed by atoms with Gasteiger partial charge in [0.25, 0.3) is 11.6 Å². The van der Waals surface area contributed by atoms with Gasteiger partial charge < -0.3 is 4.90 Å². The summed E-state index contributed by atoms with van der Waals surface area (Å²) < 4.78 is 15.2. The Hall–Kier alpha value is -1.71. The monoisotopic (exact) mass is 291 g/mol. The Morgan fingerprint density at radius 3 is 2.43 bits per heavy atom. The zero-order valence-corrected chi connectivity index (χ0v) is 12.7. The number of fused-ring (bicyclic) bond motifs is 1. The number of rotatable bonds is 6. The van der Waals surface area contributed by atoms with Gasteiger partial charge in [-0.15, -0.1) is 0 Å². The third kappa shape index (κ3) is 2.71. The van der Waals surface area contributed by atoms with E-state index in [4.69, 9.17) is 0 Å². The molecule has 2 rings (SSSR count). The van der Waals surface area contributed by atoms with Crippen molar-refractivity contribution in [3.05, 3.63) is 29.8 Å². The normalized spacial score (nSPS) is 21.6. The Bertz CT molecular complexity index is 543. The summed E-state index contributed by atoms with van der Waals surface area (Å²) in [5.41, 5.74) is -1.52. The van der Waals surface area contributed by atoms with Crippen LogP contribution < -0.4 is 4.90 Å². The minimum absolute atomic E-state index is 0.0296. The van der Waals surface area contributed by atoms with Crippen LogP contribution in [0.1, 0.15) is 56.3 Å². The Kier molecular flexibility index (Phi) is 4.76. The second-order valence-corrected chi connectivity index (χ2v) is 5.56. The van der Waals surface area contributed by atoms with E-state index >= 15 is 4.39 Å². The molecule has 0 saturated carbocycles. The van der Waals surface area contributed by atoms with Crippen molar-refractivity contribution in [3.63, 3.8) is 0 Å². The number of Topliss-reactive ketones (excluding diaryl/α,β-unsaturated/α-hetero) is 1. The number of amides is 1. The predicted molar refractivity (Wildman–Crippen MR) is 81.4 cm³/mol. The molecule has 0 aromatic heterocycles. The van der Waals surface area contributed by atoms with Crippen LogP contribution in [0.4, 0.5) is 10.1 Å². The third-order valence-corrected chi connectivity index (χ3v) is 3.99. The van der Waals surface area contributed by atoms with Crippen LogP contribution in [0.15, 0.2) is 24.3 Å². The summed E-state index contributed by atoms with van der Waals surface area (Å²) in [6, 6.07) is 6.82. The maximum atomic E-state index is 15.2. The van der Waals surface area contributed by atoms with Crippen LogP contribution in [0.5, 0.6) is 0 Å². The molecular weight excluding hydrogens is 269 g/mol. The minimum atomic E-state index is -2.39. The second kappa shape index (κ2) is 6.37. The van der Waals surface area contributed by atoms with Gasteiger partial charge in [0.2, 0.25) is 5.78 Å². The van der Waals surface area contributed by atoms with Crippen LogP contribution in [-0.4, -0.2) is 23.9 Å². The molecule has 1 aliphatic heterocycles. The van der Waals surface area contributed by atoms with Gasteiger partial charge in [-0.25, -0.2) is 4.39 Å². The van der Waals surface area contributed by atoms with Crippen LogP contribution in [0.25, 0.3) is 0 Å². The van der Waals surface area contributed by atoms with E-state index in [1.807, 2.05) is 13.8 Å². The van der Waals surface area contributed by atoms with E-state index in [-0.39, 0.29) is 6.42 Å². The maximum absolute atomic E-state index is 15.2. The van der Waals surface area contributed by atoms with E-state index in [1.54, 1.807) is 24.3 Å². The van der Waals surface area contributed by atoms with Crippen LogP contribution in [-0.2, 0) is 4.79 Å². The molecule has 0 radical (unpaired) electrons. The lowest BCUT2D eigenvalue weighted by molar-refractivity contribution is -0.128. The van der Waals surface area contributed by atoms with Gasteiger partial charge in [-0.2, -0.15) is 0 Å². The summed E-state index contributed by atoms with van der Waals surface area (Å²) in [6.07, 6.45) is 2.95. The number of hydrogen-bond acceptors (Lipinski definition) is 2. The topological polar surface area (TPSA) is 37.4 Å². The standard InChI is InChI=1S/C17H22FNO2/c1-3-5-11-17(18)15(20)13-9-7-8-10-14(13)19(16(17)21)12-6-4-2/h7-10H,3-6,11-12H2,1-2H3. The molecule has 1 aromatic rings. The molecule has 114 valence electrons. The SMILES string of the molecule is CCCCN1C(=O)C(F)(CCCC)C(=O)c2ccccc21. The lowest BCUT2D eigenvalue weighted by atomic mass is 9.84. The molecule has 0 bridgehead atoms. The van der Waals surface area contributed by atoms with Crippen molar-refractivity contribution < 1.29 is 14.0 Å². The summed E-state index contributed by atoms with van der Waals surface area (Å²) in [5, 5.41) is 0. The summed E-state index contributed by atoms with van der Waals surface area (Å²) in [6.45, 7) is 4.40. The number of hydrogen-bond donors (Lipinski definition) is 0. The molecule has 1 amide bonds. The summed E-state index contributed by atoms with van der Waals surface area (Å²) in [4.78, 5) is 26.5. The lowest BCUT2D eigenvalue weighted by Gasteiger charge is -2.36. The number of para-hydroxylation sites is 1. The third-order valence-electron chi connectivity index (χ3n) is 3.99. The Labute approximate surface area is 125 Å². The molecule has 0 N–H and O–H groups in total. The fourth-order valence-corrected chi connectivity index (χ4v) is 2.71. The first kappa shape index (κ1) is 15.7. The van der Waals surface area contributed by atoms with Crippen LogP contribution in [0.3, 0.4) is 0 Å². The first-order chi connectivity index (χ1) is 10.1. The number of carbonyl (C=O) groups is 2. The van der Waals surface area contributed by atoms with Crippen LogP contribution in [0.2, 0.25) is 0 Å². The molecule has 0 saturated heterocycles. The van der Waals surface area contributed by atoms with Gasteiger partial charge in [0.05, 0.1) is 5.69 Å². The molecule has 4 heteroatoms. The molecule has 1 aliphatic rings. The van der Waals surface area contributed by atoms with Gasteiger partial charge in [-0.05, 0) is 31.4 Å². The van der Waals surface area contributed by atoms with Crippen molar-refractivity contribution in [1.29, 1.82) is 0 Å².